The molecule has 0 bridgehead atoms. The summed E-state index contributed by atoms with van der Waals surface area (Å²) in [4.78, 5) is 19.8. The van der Waals surface area contributed by atoms with Crippen LogP contribution in [-0.4, -0.2) is 43.0 Å². The van der Waals surface area contributed by atoms with Crippen molar-refractivity contribution < 1.29 is 19.0 Å². The van der Waals surface area contributed by atoms with Crippen molar-refractivity contribution in [3.63, 3.8) is 0 Å². The molecule has 4 heterocycles. The Balaban J connectivity index is 1.24. The molecule has 1 spiro atoms. The number of carbonyl (C=O) groups excluding carboxylic acids is 1. The van der Waals surface area contributed by atoms with Crippen LogP contribution in [0, 0.1) is 0 Å². The zero-order valence-corrected chi connectivity index (χ0v) is 15.8. The van der Waals surface area contributed by atoms with Crippen LogP contribution in [0.4, 0.5) is 10.8 Å². The van der Waals surface area contributed by atoms with Gasteiger partial charge in [-0.1, -0.05) is 11.3 Å². The smallest absolute Gasteiger partial charge is 0.255 e. The van der Waals surface area contributed by atoms with Crippen molar-refractivity contribution in [2.75, 3.05) is 36.8 Å². The van der Waals surface area contributed by atoms with Crippen molar-refractivity contribution in [3.8, 4) is 11.5 Å². The molecule has 2 fully saturated rings. The molecule has 0 saturated carbocycles. The number of carbonyl (C=O) groups is 1. The van der Waals surface area contributed by atoms with Crippen LogP contribution < -0.4 is 19.7 Å². The molecule has 1 amide bonds. The molecule has 3 aliphatic rings. The number of thiazole rings is 1. The van der Waals surface area contributed by atoms with E-state index in [1.54, 1.807) is 29.5 Å². The van der Waals surface area contributed by atoms with Gasteiger partial charge in [-0.25, -0.2) is 4.98 Å². The van der Waals surface area contributed by atoms with E-state index in [2.05, 4.69) is 10.2 Å². The number of nitrogens with zero attached hydrogens (tertiary/aromatic N) is 2. The number of rotatable bonds is 3. The molecular formula is C20H17N3O4S. The average Bonchev–Trinajstić information content (AvgIpc) is 3.24. The molecule has 0 aliphatic carbocycles. The quantitative estimate of drug-likeness (QED) is 0.734. The Bertz CT molecular complexity index is 1100. The van der Waals surface area contributed by atoms with Crippen LogP contribution in [0.25, 0.3) is 10.2 Å². The van der Waals surface area contributed by atoms with Gasteiger partial charge in [-0.15, -0.1) is 0 Å². The van der Waals surface area contributed by atoms with Gasteiger partial charge in [0.1, 0.15) is 0 Å². The van der Waals surface area contributed by atoms with Crippen molar-refractivity contribution in [2.45, 2.75) is 12.0 Å². The summed E-state index contributed by atoms with van der Waals surface area (Å²) in [5.41, 5.74) is 2.25. The van der Waals surface area contributed by atoms with Gasteiger partial charge in [0.2, 0.25) is 6.79 Å². The molecule has 3 aromatic rings. The molecule has 8 heteroatoms. The Labute approximate surface area is 164 Å². The molecule has 142 valence electrons. The average molecular weight is 395 g/mol. The molecule has 1 aromatic heterocycles. The minimum atomic E-state index is -0.178. The summed E-state index contributed by atoms with van der Waals surface area (Å²) in [5.74, 6) is 1.15. The van der Waals surface area contributed by atoms with Crippen molar-refractivity contribution in [1.29, 1.82) is 0 Å². The molecule has 7 nitrogen and oxygen atoms in total. The first-order valence-corrected chi connectivity index (χ1v) is 9.99. The molecule has 0 atom stereocenters. The first-order chi connectivity index (χ1) is 13.7. The van der Waals surface area contributed by atoms with Gasteiger partial charge in [-0.05, 0) is 36.8 Å². The molecule has 2 aromatic carbocycles. The molecule has 0 unspecified atom stereocenters. The number of amides is 1. The van der Waals surface area contributed by atoms with E-state index in [9.17, 15) is 4.79 Å². The molecular weight excluding hydrogens is 378 g/mol. The lowest BCUT2D eigenvalue weighted by atomic mass is 9.83. The van der Waals surface area contributed by atoms with Gasteiger partial charge >= 0.3 is 0 Å². The highest BCUT2D eigenvalue weighted by atomic mass is 32.1. The maximum Gasteiger partial charge on any atom is 0.255 e. The van der Waals surface area contributed by atoms with Crippen LogP contribution in [0.15, 0.2) is 36.4 Å². The minimum Gasteiger partial charge on any atom is -0.454 e. The standard InChI is InChI=1S/C20H17N3O4S/c24-18(21-13-2-3-15-16(8-13)27-11-26-15)12-1-4-17-14(7-12)22-19(28-17)23-6-5-20(23)9-25-10-20/h1-4,7-8H,5-6,9-11H2,(H,21,24). The zero-order chi connectivity index (χ0) is 18.7. The fourth-order valence-corrected chi connectivity index (χ4v) is 4.91. The molecule has 1 N–H and O–H groups in total. The normalized spacial score (nSPS) is 18.8. The van der Waals surface area contributed by atoms with Crippen LogP contribution in [0.3, 0.4) is 0 Å². The van der Waals surface area contributed by atoms with Crippen LogP contribution in [0.5, 0.6) is 11.5 Å². The number of benzene rings is 2. The Hall–Kier alpha value is -2.84. The summed E-state index contributed by atoms with van der Waals surface area (Å²) in [5, 5.41) is 3.92. The molecule has 2 saturated heterocycles. The minimum absolute atomic E-state index is 0.160. The molecule has 3 aliphatic heterocycles. The number of nitrogens with one attached hydrogen (secondary N) is 1. The van der Waals surface area contributed by atoms with Gasteiger partial charge in [0, 0.05) is 23.9 Å². The van der Waals surface area contributed by atoms with Gasteiger partial charge in [0.05, 0.1) is 29.0 Å². The van der Waals surface area contributed by atoms with Gasteiger partial charge in [-0.2, -0.15) is 0 Å². The number of hydrogen-bond acceptors (Lipinski definition) is 7. The number of hydrogen-bond donors (Lipinski definition) is 1. The van der Waals surface area contributed by atoms with E-state index in [-0.39, 0.29) is 18.2 Å². The van der Waals surface area contributed by atoms with Crippen LogP contribution >= 0.6 is 11.3 Å². The fraction of sp³-hybridized carbons (Fsp3) is 0.300. The summed E-state index contributed by atoms with van der Waals surface area (Å²) >= 11 is 1.67. The number of aromatic nitrogens is 1. The number of fused-ring (bicyclic) bond motifs is 2. The van der Waals surface area contributed by atoms with Gasteiger partial charge in [0.25, 0.3) is 5.91 Å². The maximum atomic E-state index is 12.7. The number of anilines is 2. The highest BCUT2D eigenvalue weighted by molar-refractivity contribution is 7.22. The summed E-state index contributed by atoms with van der Waals surface area (Å²) < 4.78 is 17.1. The van der Waals surface area contributed by atoms with Gasteiger partial charge in [-0.3, -0.25) is 4.79 Å². The van der Waals surface area contributed by atoms with E-state index >= 15 is 0 Å². The van der Waals surface area contributed by atoms with E-state index in [0.717, 1.165) is 41.5 Å². The zero-order valence-electron chi connectivity index (χ0n) is 14.9. The molecule has 0 radical (unpaired) electrons. The third-order valence-corrected chi connectivity index (χ3v) is 6.67. The largest absolute Gasteiger partial charge is 0.454 e. The van der Waals surface area contributed by atoms with E-state index in [0.29, 0.717) is 22.7 Å². The lowest BCUT2D eigenvalue weighted by Crippen LogP contribution is -2.71. The summed E-state index contributed by atoms with van der Waals surface area (Å²) in [7, 11) is 0. The Morgan fingerprint density at radius 2 is 2.04 bits per heavy atom. The van der Waals surface area contributed by atoms with Gasteiger partial charge in [0.15, 0.2) is 16.6 Å². The maximum absolute atomic E-state index is 12.7. The van der Waals surface area contributed by atoms with Crippen LogP contribution in [0.2, 0.25) is 0 Å². The number of ether oxygens (including phenoxy) is 3. The van der Waals surface area contributed by atoms with Crippen molar-refractivity contribution in [2.24, 2.45) is 0 Å². The lowest BCUT2D eigenvalue weighted by molar-refractivity contribution is -0.0847. The predicted molar refractivity (Wildman–Crippen MR) is 106 cm³/mol. The van der Waals surface area contributed by atoms with E-state index < -0.39 is 0 Å². The van der Waals surface area contributed by atoms with E-state index in [4.69, 9.17) is 19.2 Å². The van der Waals surface area contributed by atoms with Crippen LogP contribution in [0.1, 0.15) is 16.8 Å². The van der Waals surface area contributed by atoms with E-state index in [1.165, 1.54) is 0 Å². The Morgan fingerprint density at radius 1 is 1.14 bits per heavy atom. The van der Waals surface area contributed by atoms with Crippen molar-refractivity contribution in [3.05, 3.63) is 42.0 Å². The predicted octanol–water partition coefficient (Wildman–Crippen LogP) is 3.26. The summed E-state index contributed by atoms with van der Waals surface area (Å²) in [6.07, 6.45) is 1.16. The van der Waals surface area contributed by atoms with Crippen molar-refractivity contribution >= 4 is 38.3 Å². The highest BCUT2D eigenvalue weighted by Crippen LogP contribution is 2.43. The van der Waals surface area contributed by atoms with Crippen molar-refractivity contribution in [1.82, 2.24) is 4.98 Å². The second-order valence-electron chi connectivity index (χ2n) is 7.32. The van der Waals surface area contributed by atoms with Gasteiger partial charge < -0.3 is 24.4 Å². The van der Waals surface area contributed by atoms with Crippen LogP contribution in [-0.2, 0) is 4.74 Å². The molecule has 28 heavy (non-hydrogen) atoms. The third kappa shape index (κ3) is 2.38. The lowest BCUT2D eigenvalue weighted by Gasteiger charge is -2.57. The van der Waals surface area contributed by atoms with E-state index in [1.807, 2.05) is 18.2 Å². The summed E-state index contributed by atoms with van der Waals surface area (Å²) in [6.45, 7) is 2.79. The second-order valence-corrected chi connectivity index (χ2v) is 8.33. The first-order valence-electron chi connectivity index (χ1n) is 9.17. The Kier molecular flexibility index (Phi) is 3.36. The Morgan fingerprint density at radius 3 is 2.82 bits per heavy atom. The highest BCUT2D eigenvalue weighted by Gasteiger charge is 2.51. The first kappa shape index (κ1) is 16.1. The topological polar surface area (TPSA) is 72.9 Å². The SMILES string of the molecule is O=C(Nc1ccc2c(c1)OCO2)c1ccc2sc(N3CCC34COC4)nc2c1. The summed E-state index contributed by atoms with van der Waals surface area (Å²) in [6, 6.07) is 11.0. The molecule has 6 rings (SSSR count). The second kappa shape index (κ2) is 5.83. The fourth-order valence-electron chi connectivity index (χ4n) is 3.83. The monoisotopic (exact) mass is 395 g/mol. The third-order valence-electron chi connectivity index (χ3n) is 5.61.